The first-order valence-electron chi connectivity index (χ1n) is 6.07. The number of carbonyl (C=O) groups excluding carboxylic acids is 1. The monoisotopic (exact) mass is 266 g/mol. The Morgan fingerprint density at radius 2 is 2.53 bits per heavy atom. The second-order valence-electron chi connectivity index (χ2n) is 3.88. The van der Waals surface area contributed by atoms with Gasteiger partial charge >= 0.3 is 5.97 Å². The highest BCUT2D eigenvalue weighted by Crippen LogP contribution is 2.13. The van der Waals surface area contributed by atoms with Crippen LogP contribution >= 0.6 is 0 Å². The van der Waals surface area contributed by atoms with Crippen LogP contribution in [0.5, 0.6) is 0 Å². The molecule has 0 amide bonds. The molecule has 0 saturated carbocycles. The minimum Gasteiger partial charge on any atom is -0.465 e. The predicted molar refractivity (Wildman–Crippen MR) is 69.2 cm³/mol. The summed E-state index contributed by atoms with van der Waals surface area (Å²) >= 11 is 0. The fraction of sp³-hybridized carbons (Fsp3) is 0.636. The van der Waals surface area contributed by atoms with E-state index in [1.807, 2.05) is 7.05 Å². The minimum atomic E-state index is -0.557. The lowest BCUT2D eigenvalue weighted by Crippen LogP contribution is -2.32. The van der Waals surface area contributed by atoms with Gasteiger partial charge in [0.05, 0.1) is 24.8 Å². The van der Waals surface area contributed by atoms with Crippen molar-refractivity contribution in [1.29, 1.82) is 0 Å². The Balaban J connectivity index is 2.63. The average molecular weight is 266 g/mol. The number of imidazole rings is 1. The third-order valence-corrected chi connectivity index (χ3v) is 2.52. The van der Waals surface area contributed by atoms with Crippen LogP contribution in [0, 0.1) is 0 Å². The number of carbonyl (C=O) groups is 1. The number of rotatable bonds is 8. The van der Waals surface area contributed by atoms with Crippen molar-refractivity contribution in [3.05, 3.63) is 28.7 Å². The number of aryl methyl sites for hydroxylation is 1. The summed E-state index contributed by atoms with van der Waals surface area (Å²) in [6.07, 6.45) is 3.91. The smallest absolute Gasteiger partial charge is 0.329 e. The highest BCUT2D eigenvalue weighted by Gasteiger charge is 2.23. The van der Waals surface area contributed by atoms with E-state index in [-0.39, 0.29) is 5.97 Å². The van der Waals surface area contributed by atoms with Gasteiger partial charge in [-0.25, -0.2) is 9.78 Å². The second kappa shape index (κ2) is 8.12. The van der Waals surface area contributed by atoms with Crippen molar-refractivity contribution in [1.82, 2.24) is 14.9 Å². The number of aromatic nitrogens is 2. The molecule has 1 N–H and O–H groups in total. The van der Waals surface area contributed by atoms with Gasteiger partial charge in [-0.2, -0.15) is 0 Å². The predicted octanol–water partition coefficient (Wildman–Crippen LogP) is 1.31. The molecular formula is C11H18N6O2. The van der Waals surface area contributed by atoms with E-state index in [1.54, 1.807) is 24.0 Å². The molecule has 0 fully saturated rings. The van der Waals surface area contributed by atoms with Crippen LogP contribution < -0.4 is 5.32 Å². The molecule has 0 aromatic carbocycles. The molecule has 104 valence electrons. The first kappa shape index (κ1) is 15.0. The fourth-order valence-corrected chi connectivity index (χ4v) is 1.62. The molecule has 8 heteroatoms. The number of hydrogen-bond donors (Lipinski definition) is 1. The van der Waals surface area contributed by atoms with E-state index >= 15 is 0 Å². The molecule has 1 aromatic rings. The molecule has 1 aromatic heterocycles. The van der Waals surface area contributed by atoms with Crippen molar-refractivity contribution in [3.8, 4) is 0 Å². The Labute approximate surface area is 111 Å². The Bertz CT molecular complexity index is 452. The molecule has 19 heavy (non-hydrogen) atoms. The van der Waals surface area contributed by atoms with E-state index < -0.39 is 6.04 Å². The summed E-state index contributed by atoms with van der Waals surface area (Å²) in [5, 5.41) is 6.52. The van der Waals surface area contributed by atoms with Crippen LogP contribution in [0.25, 0.3) is 10.4 Å². The van der Waals surface area contributed by atoms with Crippen LogP contribution in [0.3, 0.4) is 0 Å². The van der Waals surface area contributed by atoms with Gasteiger partial charge in [0, 0.05) is 18.5 Å². The van der Waals surface area contributed by atoms with Gasteiger partial charge < -0.3 is 9.30 Å². The molecule has 0 aliphatic heterocycles. The quantitative estimate of drug-likeness (QED) is 0.252. The lowest BCUT2D eigenvalue weighted by atomic mass is 10.2. The van der Waals surface area contributed by atoms with E-state index in [4.69, 9.17) is 10.3 Å². The number of hydrogen-bond acceptors (Lipinski definition) is 5. The van der Waals surface area contributed by atoms with Gasteiger partial charge in [-0.1, -0.05) is 5.11 Å². The van der Waals surface area contributed by atoms with E-state index in [2.05, 4.69) is 20.3 Å². The Kier molecular flexibility index (Phi) is 6.42. The molecular weight excluding hydrogens is 248 g/mol. The zero-order valence-electron chi connectivity index (χ0n) is 11.1. The lowest BCUT2D eigenvalue weighted by molar-refractivity contribution is -0.146. The third kappa shape index (κ3) is 4.61. The number of ether oxygens (including phenoxy) is 1. The van der Waals surface area contributed by atoms with Gasteiger partial charge in [0.1, 0.15) is 6.04 Å². The maximum Gasteiger partial charge on any atom is 0.329 e. The normalized spacial score (nSPS) is 11.7. The summed E-state index contributed by atoms with van der Waals surface area (Å²) in [7, 11) is 1.82. The van der Waals surface area contributed by atoms with Crippen LogP contribution in [-0.2, 0) is 16.6 Å². The second-order valence-corrected chi connectivity index (χ2v) is 3.88. The van der Waals surface area contributed by atoms with Gasteiger partial charge in [0.2, 0.25) is 0 Å². The summed E-state index contributed by atoms with van der Waals surface area (Å²) in [5.74, 6) is -0.338. The van der Waals surface area contributed by atoms with Crippen molar-refractivity contribution < 1.29 is 9.53 Å². The first-order valence-corrected chi connectivity index (χ1v) is 6.07. The fourth-order valence-electron chi connectivity index (χ4n) is 1.62. The molecule has 0 aliphatic carbocycles. The molecule has 0 aliphatic rings. The van der Waals surface area contributed by atoms with Gasteiger partial charge in [0.15, 0.2) is 0 Å². The summed E-state index contributed by atoms with van der Waals surface area (Å²) < 4.78 is 6.80. The van der Waals surface area contributed by atoms with E-state index in [1.165, 1.54) is 0 Å². The highest BCUT2D eigenvalue weighted by atomic mass is 16.5. The summed E-state index contributed by atoms with van der Waals surface area (Å²) in [6.45, 7) is 3.03. The topological polar surface area (TPSA) is 105 Å². The number of nitrogens with zero attached hydrogens (tertiary/aromatic N) is 5. The van der Waals surface area contributed by atoms with Crippen LogP contribution in [0.2, 0.25) is 0 Å². The SMILES string of the molecule is CCOC(=O)C(NCCCN=[N+]=[N-])c1cncn1C. The Hall–Kier alpha value is -2.05. The van der Waals surface area contributed by atoms with Crippen LogP contribution in [0.4, 0.5) is 0 Å². The number of esters is 1. The zero-order chi connectivity index (χ0) is 14.1. The summed E-state index contributed by atoms with van der Waals surface area (Å²) in [4.78, 5) is 18.6. The minimum absolute atomic E-state index is 0.327. The zero-order valence-corrected chi connectivity index (χ0v) is 11.1. The van der Waals surface area contributed by atoms with Crippen molar-refractivity contribution in [2.24, 2.45) is 12.2 Å². The van der Waals surface area contributed by atoms with Gasteiger partial charge in [-0.15, -0.1) is 0 Å². The molecule has 0 spiro atoms. The van der Waals surface area contributed by atoms with E-state index in [0.717, 1.165) is 5.69 Å². The van der Waals surface area contributed by atoms with E-state index in [9.17, 15) is 4.79 Å². The molecule has 1 rings (SSSR count). The third-order valence-electron chi connectivity index (χ3n) is 2.52. The van der Waals surface area contributed by atoms with Crippen LogP contribution in [0.1, 0.15) is 25.1 Å². The largest absolute Gasteiger partial charge is 0.465 e. The Morgan fingerprint density at radius 1 is 1.74 bits per heavy atom. The number of azide groups is 1. The molecule has 1 unspecified atom stereocenters. The maximum atomic E-state index is 11.9. The van der Waals surface area contributed by atoms with Gasteiger partial charge in [0.25, 0.3) is 0 Å². The standard InChI is InChI=1S/C11H18N6O2/c1-3-19-11(18)10(9-7-13-8-17(9)2)14-5-4-6-15-16-12/h7-8,10,14H,3-6H2,1-2H3. The Morgan fingerprint density at radius 3 is 3.11 bits per heavy atom. The first-order chi connectivity index (χ1) is 9.20. The summed E-state index contributed by atoms with van der Waals surface area (Å²) in [6, 6.07) is -0.557. The molecule has 0 radical (unpaired) electrons. The van der Waals surface area contributed by atoms with Gasteiger partial charge in [-0.3, -0.25) is 5.32 Å². The highest BCUT2D eigenvalue weighted by molar-refractivity contribution is 5.77. The van der Waals surface area contributed by atoms with Gasteiger partial charge in [-0.05, 0) is 25.4 Å². The van der Waals surface area contributed by atoms with Crippen LogP contribution in [0.15, 0.2) is 17.6 Å². The maximum absolute atomic E-state index is 11.9. The van der Waals surface area contributed by atoms with Crippen molar-refractivity contribution in [3.63, 3.8) is 0 Å². The molecule has 1 atom stereocenters. The number of nitrogens with one attached hydrogen (secondary N) is 1. The summed E-state index contributed by atoms with van der Waals surface area (Å²) in [5.41, 5.74) is 8.91. The molecule has 0 bridgehead atoms. The average Bonchev–Trinajstić information content (AvgIpc) is 2.80. The van der Waals surface area contributed by atoms with Crippen molar-refractivity contribution in [2.75, 3.05) is 19.7 Å². The van der Waals surface area contributed by atoms with Crippen molar-refractivity contribution >= 4 is 5.97 Å². The molecule has 0 saturated heterocycles. The lowest BCUT2D eigenvalue weighted by Gasteiger charge is -2.17. The van der Waals surface area contributed by atoms with Crippen molar-refractivity contribution in [2.45, 2.75) is 19.4 Å². The molecule has 1 heterocycles. The van der Waals surface area contributed by atoms with Crippen LogP contribution in [-0.4, -0.2) is 35.2 Å². The molecule has 8 nitrogen and oxygen atoms in total. The van der Waals surface area contributed by atoms with E-state index in [0.29, 0.717) is 26.1 Å².